The Bertz CT molecular complexity index is 346. The summed E-state index contributed by atoms with van der Waals surface area (Å²) in [7, 11) is 0. The molecule has 0 saturated heterocycles. The second-order valence-corrected chi connectivity index (χ2v) is 5.24. The van der Waals surface area contributed by atoms with Gasteiger partial charge >= 0.3 is 6.18 Å². The second kappa shape index (κ2) is 5.14. The van der Waals surface area contributed by atoms with Gasteiger partial charge in [-0.25, -0.2) is 4.98 Å². The van der Waals surface area contributed by atoms with Crippen molar-refractivity contribution in [2.45, 2.75) is 46.0 Å². The minimum absolute atomic E-state index is 0.396. The third kappa shape index (κ3) is 4.49. The highest BCUT2D eigenvalue weighted by molar-refractivity contribution is 7.11. The molecule has 1 aromatic rings. The van der Waals surface area contributed by atoms with E-state index in [1.54, 1.807) is 11.3 Å². The van der Waals surface area contributed by atoms with Gasteiger partial charge in [0.25, 0.3) is 0 Å². The van der Waals surface area contributed by atoms with Crippen molar-refractivity contribution in [3.8, 4) is 0 Å². The Morgan fingerprint density at radius 2 is 2.00 bits per heavy atom. The number of hydrogen-bond donors (Lipinski definition) is 1. The number of aryl methyl sites for hydroxylation is 2. The van der Waals surface area contributed by atoms with E-state index in [-0.39, 0.29) is 0 Å². The fourth-order valence-electron chi connectivity index (χ4n) is 1.43. The zero-order valence-electron chi connectivity index (χ0n) is 9.48. The van der Waals surface area contributed by atoms with Crippen LogP contribution >= 0.6 is 11.3 Å². The molecule has 2 nitrogen and oxygen atoms in total. The van der Waals surface area contributed by atoms with Crippen LogP contribution in [0.3, 0.4) is 0 Å². The van der Waals surface area contributed by atoms with Crippen molar-refractivity contribution in [3.05, 3.63) is 15.6 Å². The van der Waals surface area contributed by atoms with Gasteiger partial charge in [-0.3, -0.25) is 0 Å². The summed E-state index contributed by atoms with van der Waals surface area (Å²) in [5.74, 6) is 0. The Labute approximate surface area is 96.9 Å². The van der Waals surface area contributed by atoms with Gasteiger partial charge in [0.05, 0.1) is 17.1 Å². The Morgan fingerprint density at radius 3 is 2.44 bits per heavy atom. The minimum atomic E-state index is -4.11. The number of aromatic nitrogens is 1. The van der Waals surface area contributed by atoms with Gasteiger partial charge in [0.15, 0.2) is 0 Å². The first-order chi connectivity index (χ1) is 7.28. The first-order valence-electron chi connectivity index (χ1n) is 5.01. The molecular weight excluding hydrogens is 237 g/mol. The number of thiazole rings is 1. The van der Waals surface area contributed by atoms with E-state index in [4.69, 9.17) is 0 Å². The molecule has 0 aliphatic heterocycles. The second-order valence-electron chi connectivity index (χ2n) is 3.84. The fourth-order valence-corrected chi connectivity index (χ4v) is 2.26. The molecule has 0 fully saturated rings. The van der Waals surface area contributed by atoms with Gasteiger partial charge in [-0.15, -0.1) is 11.3 Å². The summed E-state index contributed by atoms with van der Waals surface area (Å²) < 4.78 is 36.2. The van der Waals surface area contributed by atoms with Crippen LogP contribution in [0.15, 0.2) is 0 Å². The Kier molecular flexibility index (Phi) is 4.32. The van der Waals surface area contributed by atoms with E-state index in [0.29, 0.717) is 6.54 Å². The first kappa shape index (κ1) is 13.4. The fraction of sp³-hybridized carbons (Fsp3) is 0.700. The van der Waals surface area contributed by atoms with E-state index < -0.39 is 18.6 Å². The summed E-state index contributed by atoms with van der Waals surface area (Å²) in [6, 6.07) is -0.582. The maximum absolute atomic E-state index is 12.1. The monoisotopic (exact) mass is 252 g/mol. The van der Waals surface area contributed by atoms with Crippen LogP contribution in [0.2, 0.25) is 0 Å². The Hall–Kier alpha value is -0.620. The molecule has 0 aliphatic rings. The quantitative estimate of drug-likeness (QED) is 0.890. The zero-order chi connectivity index (χ0) is 12.3. The predicted octanol–water partition coefficient (Wildman–Crippen LogP) is 3.19. The molecule has 0 saturated carbocycles. The van der Waals surface area contributed by atoms with Crippen molar-refractivity contribution in [2.75, 3.05) is 0 Å². The lowest BCUT2D eigenvalue weighted by molar-refractivity contribution is -0.139. The molecule has 0 amide bonds. The highest BCUT2D eigenvalue weighted by Gasteiger charge is 2.29. The van der Waals surface area contributed by atoms with Gasteiger partial charge in [0.1, 0.15) is 0 Å². The molecule has 1 heterocycles. The van der Waals surface area contributed by atoms with Gasteiger partial charge < -0.3 is 5.32 Å². The third-order valence-corrected chi connectivity index (χ3v) is 3.08. The topological polar surface area (TPSA) is 24.9 Å². The number of nitrogens with one attached hydrogen (secondary N) is 1. The van der Waals surface area contributed by atoms with E-state index in [1.165, 1.54) is 6.92 Å². The molecule has 0 radical (unpaired) electrons. The van der Waals surface area contributed by atoms with Crippen molar-refractivity contribution in [1.29, 1.82) is 0 Å². The molecule has 92 valence electrons. The molecule has 1 rings (SSSR count). The van der Waals surface area contributed by atoms with Crippen LogP contribution in [0.5, 0.6) is 0 Å². The molecule has 1 N–H and O–H groups in total. The SMILES string of the molecule is Cc1nc(CNC(C)CC(F)(F)F)c(C)s1. The van der Waals surface area contributed by atoms with Crippen LogP contribution in [-0.4, -0.2) is 17.2 Å². The van der Waals surface area contributed by atoms with Gasteiger partial charge in [0, 0.05) is 17.5 Å². The van der Waals surface area contributed by atoms with Crippen LogP contribution in [0.4, 0.5) is 13.2 Å². The smallest absolute Gasteiger partial charge is 0.308 e. The molecule has 16 heavy (non-hydrogen) atoms. The third-order valence-electron chi connectivity index (χ3n) is 2.16. The van der Waals surface area contributed by atoms with Crippen molar-refractivity contribution >= 4 is 11.3 Å². The number of hydrogen-bond acceptors (Lipinski definition) is 3. The summed E-state index contributed by atoms with van der Waals surface area (Å²) in [5.41, 5.74) is 0.844. The van der Waals surface area contributed by atoms with Crippen molar-refractivity contribution in [1.82, 2.24) is 10.3 Å². The normalized spacial score (nSPS) is 14.1. The minimum Gasteiger partial charge on any atom is -0.308 e. The van der Waals surface area contributed by atoms with Gasteiger partial charge in [-0.2, -0.15) is 13.2 Å². The van der Waals surface area contributed by atoms with E-state index in [0.717, 1.165) is 15.6 Å². The van der Waals surface area contributed by atoms with Crippen LogP contribution in [0, 0.1) is 13.8 Å². The van der Waals surface area contributed by atoms with E-state index in [1.807, 2.05) is 13.8 Å². The van der Waals surface area contributed by atoms with Crippen molar-refractivity contribution in [2.24, 2.45) is 0 Å². The molecule has 1 atom stereocenters. The number of nitrogens with zero attached hydrogens (tertiary/aromatic N) is 1. The molecule has 1 unspecified atom stereocenters. The number of halogens is 3. The summed E-state index contributed by atoms with van der Waals surface area (Å²) >= 11 is 1.56. The van der Waals surface area contributed by atoms with Crippen LogP contribution in [0.25, 0.3) is 0 Å². The lowest BCUT2D eigenvalue weighted by Gasteiger charge is -2.15. The van der Waals surface area contributed by atoms with Crippen molar-refractivity contribution < 1.29 is 13.2 Å². The Balaban J connectivity index is 2.43. The molecular formula is C10H15F3N2S. The van der Waals surface area contributed by atoms with Gasteiger partial charge in [-0.05, 0) is 20.8 Å². The number of rotatable bonds is 4. The van der Waals surface area contributed by atoms with Crippen molar-refractivity contribution in [3.63, 3.8) is 0 Å². The standard InChI is InChI=1S/C10H15F3N2S/c1-6(4-10(11,12)13)14-5-9-7(2)16-8(3)15-9/h6,14H,4-5H2,1-3H3. The van der Waals surface area contributed by atoms with E-state index >= 15 is 0 Å². The Morgan fingerprint density at radius 1 is 1.38 bits per heavy atom. The average molecular weight is 252 g/mol. The molecule has 0 spiro atoms. The van der Waals surface area contributed by atoms with E-state index in [9.17, 15) is 13.2 Å². The van der Waals surface area contributed by atoms with Crippen LogP contribution in [-0.2, 0) is 6.54 Å². The molecule has 6 heteroatoms. The molecule has 0 bridgehead atoms. The maximum atomic E-state index is 12.1. The molecule has 0 aromatic carbocycles. The summed E-state index contributed by atoms with van der Waals surface area (Å²) in [6.45, 7) is 5.74. The summed E-state index contributed by atoms with van der Waals surface area (Å²) in [5, 5.41) is 3.78. The lowest BCUT2D eigenvalue weighted by atomic mass is 10.2. The number of alkyl halides is 3. The first-order valence-corrected chi connectivity index (χ1v) is 5.82. The predicted molar refractivity (Wildman–Crippen MR) is 58.6 cm³/mol. The molecule has 1 aromatic heterocycles. The summed E-state index contributed by atoms with van der Waals surface area (Å²) in [6.07, 6.45) is -4.92. The van der Waals surface area contributed by atoms with E-state index in [2.05, 4.69) is 10.3 Å². The molecule has 0 aliphatic carbocycles. The average Bonchev–Trinajstić information content (AvgIpc) is 2.38. The highest BCUT2D eigenvalue weighted by Crippen LogP contribution is 2.22. The highest BCUT2D eigenvalue weighted by atomic mass is 32.1. The zero-order valence-corrected chi connectivity index (χ0v) is 10.3. The lowest BCUT2D eigenvalue weighted by Crippen LogP contribution is -2.30. The van der Waals surface area contributed by atoms with Gasteiger partial charge in [0.2, 0.25) is 0 Å². The van der Waals surface area contributed by atoms with Gasteiger partial charge in [-0.1, -0.05) is 0 Å². The van der Waals surface area contributed by atoms with Crippen LogP contribution < -0.4 is 5.32 Å². The maximum Gasteiger partial charge on any atom is 0.390 e. The van der Waals surface area contributed by atoms with Crippen LogP contribution in [0.1, 0.15) is 28.9 Å². The summed E-state index contributed by atoms with van der Waals surface area (Å²) in [4.78, 5) is 5.31. The largest absolute Gasteiger partial charge is 0.390 e.